The monoisotopic (exact) mass is 257 g/mol. The highest BCUT2D eigenvalue weighted by Gasteiger charge is 2.32. The van der Waals surface area contributed by atoms with Crippen LogP contribution in [0.5, 0.6) is 0 Å². The van der Waals surface area contributed by atoms with Gasteiger partial charge in [0.15, 0.2) is 0 Å². The van der Waals surface area contributed by atoms with Gasteiger partial charge in [0.25, 0.3) is 0 Å². The van der Waals surface area contributed by atoms with Gasteiger partial charge in [-0.25, -0.2) is 0 Å². The van der Waals surface area contributed by atoms with Crippen LogP contribution in [0.3, 0.4) is 0 Å². The molecule has 3 heteroatoms. The Labute approximate surface area is 114 Å². The predicted octanol–water partition coefficient (Wildman–Crippen LogP) is 3.55. The quantitative estimate of drug-likeness (QED) is 0.502. The third-order valence-electron chi connectivity index (χ3n) is 3.07. The van der Waals surface area contributed by atoms with Gasteiger partial charge in [0.1, 0.15) is 0 Å². The Morgan fingerprint density at radius 1 is 1.05 bits per heavy atom. The van der Waals surface area contributed by atoms with Crippen molar-refractivity contribution < 1.29 is 9.47 Å². The molecule has 0 bridgehead atoms. The molecule has 0 amide bonds. The Hall–Kier alpha value is -2.21. The molecule has 0 aliphatic heterocycles. The summed E-state index contributed by atoms with van der Waals surface area (Å²) in [6, 6.07) is 12.2. The van der Waals surface area contributed by atoms with E-state index in [9.17, 15) is 5.26 Å². The fraction of sp³-hybridized carbons (Fsp3) is 0.312. The maximum Gasteiger partial charge on any atom is 0.0891 e. The Kier molecular flexibility index (Phi) is 6.25. The molecular weight excluding hydrogens is 238 g/mol. The third kappa shape index (κ3) is 4.18. The molecule has 3 nitrogen and oxygen atoms in total. The molecule has 0 atom stereocenters. The number of rotatable bonds is 9. The second-order valence-corrected chi connectivity index (χ2v) is 4.13. The van der Waals surface area contributed by atoms with Crippen LogP contribution in [0.2, 0.25) is 0 Å². The minimum atomic E-state index is -0.604. The van der Waals surface area contributed by atoms with Gasteiger partial charge in [-0.1, -0.05) is 43.5 Å². The maximum atomic E-state index is 9.62. The van der Waals surface area contributed by atoms with Crippen LogP contribution in [0.1, 0.15) is 18.4 Å². The van der Waals surface area contributed by atoms with Crippen LogP contribution in [0.15, 0.2) is 56.0 Å². The average molecular weight is 257 g/mol. The van der Waals surface area contributed by atoms with E-state index < -0.39 is 5.41 Å². The van der Waals surface area contributed by atoms with Gasteiger partial charge in [-0.15, -0.1) is 0 Å². The molecule has 0 spiro atoms. The van der Waals surface area contributed by atoms with E-state index in [-0.39, 0.29) is 0 Å². The van der Waals surface area contributed by atoms with E-state index in [4.69, 9.17) is 9.47 Å². The van der Waals surface area contributed by atoms with Crippen LogP contribution < -0.4 is 0 Å². The van der Waals surface area contributed by atoms with Gasteiger partial charge in [0.2, 0.25) is 0 Å². The first-order chi connectivity index (χ1) is 9.29. The Morgan fingerprint density at radius 3 is 2.00 bits per heavy atom. The SMILES string of the molecule is C=COCCC(C#N)(CCOC=C)c1ccccc1. The summed E-state index contributed by atoms with van der Waals surface area (Å²) in [5.41, 5.74) is 0.380. The van der Waals surface area contributed by atoms with E-state index in [0.717, 1.165) is 5.56 Å². The van der Waals surface area contributed by atoms with Crippen molar-refractivity contribution in [1.82, 2.24) is 0 Å². The van der Waals surface area contributed by atoms with Gasteiger partial charge >= 0.3 is 0 Å². The van der Waals surface area contributed by atoms with Crippen molar-refractivity contribution in [3.63, 3.8) is 0 Å². The molecule has 19 heavy (non-hydrogen) atoms. The molecule has 1 aromatic rings. The zero-order chi connectivity index (χ0) is 14.0. The second kappa shape index (κ2) is 7.99. The van der Waals surface area contributed by atoms with E-state index in [1.54, 1.807) is 0 Å². The number of ether oxygens (including phenoxy) is 2. The topological polar surface area (TPSA) is 42.2 Å². The van der Waals surface area contributed by atoms with Crippen molar-refractivity contribution in [2.24, 2.45) is 0 Å². The van der Waals surface area contributed by atoms with E-state index in [1.165, 1.54) is 12.5 Å². The molecule has 0 saturated heterocycles. The number of nitrogens with zero attached hydrogens (tertiary/aromatic N) is 1. The van der Waals surface area contributed by atoms with Gasteiger partial charge in [-0.3, -0.25) is 0 Å². The molecule has 0 fully saturated rings. The minimum absolute atomic E-state index is 0.458. The molecule has 0 aliphatic carbocycles. The highest BCUT2D eigenvalue weighted by Crippen LogP contribution is 2.31. The molecule has 0 unspecified atom stereocenters. The minimum Gasteiger partial charge on any atom is -0.502 e. The van der Waals surface area contributed by atoms with Crippen molar-refractivity contribution in [3.05, 3.63) is 61.6 Å². The molecule has 0 aliphatic rings. The number of hydrogen-bond acceptors (Lipinski definition) is 3. The fourth-order valence-electron chi connectivity index (χ4n) is 1.98. The summed E-state index contributed by atoms with van der Waals surface area (Å²) in [6.07, 6.45) is 3.99. The molecule has 0 heterocycles. The van der Waals surface area contributed by atoms with E-state index in [2.05, 4.69) is 19.2 Å². The largest absolute Gasteiger partial charge is 0.502 e. The number of benzene rings is 1. The normalized spacial score (nSPS) is 10.3. The highest BCUT2D eigenvalue weighted by atomic mass is 16.5. The first-order valence-corrected chi connectivity index (χ1v) is 6.21. The summed E-state index contributed by atoms with van der Waals surface area (Å²) in [5.74, 6) is 0. The number of nitriles is 1. The summed E-state index contributed by atoms with van der Waals surface area (Å²) >= 11 is 0. The summed E-state index contributed by atoms with van der Waals surface area (Å²) in [7, 11) is 0. The van der Waals surface area contributed by atoms with Crippen LogP contribution in [0.25, 0.3) is 0 Å². The van der Waals surface area contributed by atoms with Gasteiger partial charge in [-0.2, -0.15) is 5.26 Å². The fourth-order valence-corrected chi connectivity index (χ4v) is 1.98. The third-order valence-corrected chi connectivity index (χ3v) is 3.07. The molecule has 0 saturated carbocycles. The van der Waals surface area contributed by atoms with Crippen LogP contribution in [0, 0.1) is 11.3 Å². The van der Waals surface area contributed by atoms with Gasteiger partial charge in [0, 0.05) is 12.8 Å². The van der Waals surface area contributed by atoms with E-state index in [1.807, 2.05) is 30.3 Å². The molecule has 0 N–H and O–H groups in total. The van der Waals surface area contributed by atoms with Crippen molar-refractivity contribution >= 4 is 0 Å². The Morgan fingerprint density at radius 2 is 1.58 bits per heavy atom. The predicted molar refractivity (Wildman–Crippen MR) is 75.3 cm³/mol. The molecule has 1 rings (SSSR count). The highest BCUT2D eigenvalue weighted by molar-refractivity contribution is 5.32. The lowest BCUT2D eigenvalue weighted by Gasteiger charge is -2.26. The summed E-state index contributed by atoms with van der Waals surface area (Å²) in [6.45, 7) is 7.94. The zero-order valence-electron chi connectivity index (χ0n) is 11.0. The summed E-state index contributed by atoms with van der Waals surface area (Å²) in [5, 5.41) is 9.62. The van der Waals surface area contributed by atoms with Gasteiger partial charge < -0.3 is 9.47 Å². The van der Waals surface area contributed by atoms with Crippen LogP contribution in [-0.4, -0.2) is 13.2 Å². The smallest absolute Gasteiger partial charge is 0.0891 e. The second-order valence-electron chi connectivity index (χ2n) is 4.13. The van der Waals surface area contributed by atoms with Crippen molar-refractivity contribution in [3.8, 4) is 6.07 Å². The zero-order valence-corrected chi connectivity index (χ0v) is 11.0. The molecular formula is C16H19NO2. The summed E-state index contributed by atoms with van der Waals surface area (Å²) < 4.78 is 10.3. The lowest BCUT2D eigenvalue weighted by molar-refractivity contribution is 0.188. The lowest BCUT2D eigenvalue weighted by Crippen LogP contribution is -2.27. The Balaban J connectivity index is 2.89. The molecule has 100 valence electrons. The lowest BCUT2D eigenvalue weighted by atomic mass is 9.76. The van der Waals surface area contributed by atoms with Crippen molar-refractivity contribution in [1.29, 1.82) is 5.26 Å². The van der Waals surface area contributed by atoms with E-state index >= 15 is 0 Å². The van der Waals surface area contributed by atoms with Crippen molar-refractivity contribution in [2.45, 2.75) is 18.3 Å². The first-order valence-electron chi connectivity index (χ1n) is 6.21. The average Bonchev–Trinajstić information content (AvgIpc) is 2.47. The van der Waals surface area contributed by atoms with Crippen LogP contribution in [-0.2, 0) is 14.9 Å². The van der Waals surface area contributed by atoms with E-state index in [0.29, 0.717) is 26.1 Å². The van der Waals surface area contributed by atoms with Crippen LogP contribution in [0.4, 0.5) is 0 Å². The molecule has 0 aromatic heterocycles. The molecule has 0 radical (unpaired) electrons. The standard InChI is InChI=1S/C16H19NO2/c1-3-18-12-10-16(14-17,11-13-19-4-2)15-8-6-5-7-9-15/h3-9H,1-2,10-13H2. The summed E-state index contributed by atoms with van der Waals surface area (Å²) in [4.78, 5) is 0. The van der Waals surface area contributed by atoms with Crippen molar-refractivity contribution in [2.75, 3.05) is 13.2 Å². The van der Waals surface area contributed by atoms with Crippen LogP contribution >= 0.6 is 0 Å². The van der Waals surface area contributed by atoms with Gasteiger partial charge in [-0.05, 0) is 5.56 Å². The van der Waals surface area contributed by atoms with Gasteiger partial charge in [0.05, 0.1) is 37.2 Å². The maximum absolute atomic E-state index is 9.62. The molecule has 1 aromatic carbocycles. The first kappa shape index (κ1) is 14.8. The number of hydrogen-bond donors (Lipinski definition) is 0. The Bertz CT molecular complexity index is 420.